The van der Waals surface area contributed by atoms with Crippen LogP contribution in [0.5, 0.6) is 5.75 Å². The van der Waals surface area contributed by atoms with Crippen molar-refractivity contribution in [1.29, 1.82) is 0 Å². The molecule has 0 radical (unpaired) electrons. The van der Waals surface area contributed by atoms with Crippen LogP contribution in [0.2, 0.25) is 5.02 Å². The second-order valence-electron chi connectivity index (χ2n) is 4.54. The van der Waals surface area contributed by atoms with Crippen LogP contribution in [0.1, 0.15) is 11.1 Å². The van der Waals surface area contributed by atoms with Crippen LogP contribution in [0, 0.1) is 0 Å². The number of hydrogen-bond donors (Lipinski definition) is 1. The van der Waals surface area contributed by atoms with E-state index in [1.807, 2.05) is 30.3 Å². The van der Waals surface area contributed by atoms with Gasteiger partial charge in [-0.25, -0.2) is 0 Å². The van der Waals surface area contributed by atoms with E-state index in [1.54, 1.807) is 18.4 Å². The molecule has 0 unspecified atom stereocenters. The van der Waals surface area contributed by atoms with E-state index in [2.05, 4.69) is 0 Å². The van der Waals surface area contributed by atoms with Gasteiger partial charge in [0.05, 0.1) is 6.26 Å². The summed E-state index contributed by atoms with van der Waals surface area (Å²) in [6.07, 6.45) is 1.72. The van der Waals surface area contributed by atoms with Gasteiger partial charge in [0.15, 0.2) is 0 Å². The van der Waals surface area contributed by atoms with Crippen molar-refractivity contribution < 1.29 is 9.15 Å². The van der Waals surface area contributed by atoms with Gasteiger partial charge >= 0.3 is 0 Å². The van der Waals surface area contributed by atoms with Crippen LogP contribution in [0.3, 0.4) is 0 Å². The fraction of sp³-hybridized carbons (Fsp3) is 0.125. The Morgan fingerprint density at radius 2 is 1.90 bits per heavy atom. The lowest BCUT2D eigenvalue weighted by molar-refractivity contribution is 0.306. The van der Waals surface area contributed by atoms with Crippen molar-refractivity contribution in [3.8, 4) is 5.75 Å². The predicted molar refractivity (Wildman–Crippen MR) is 79.9 cm³/mol. The molecule has 3 nitrogen and oxygen atoms in total. The monoisotopic (exact) mass is 287 g/mol. The molecule has 0 atom stereocenters. The average Bonchev–Trinajstić information content (AvgIpc) is 2.89. The smallest absolute Gasteiger partial charge is 0.134 e. The summed E-state index contributed by atoms with van der Waals surface area (Å²) in [7, 11) is 0. The molecule has 1 heterocycles. The first-order valence-electron chi connectivity index (χ1n) is 6.34. The molecule has 2 aromatic carbocycles. The maximum Gasteiger partial charge on any atom is 0.134 e. The molecule has 0 bridgehead atoms. The first-order valence-corrected chi connectivity index (χ1v) is 6.71. The summed E-state index contributed by atoms with van der Waals surface area (Å²) in [5.41, 5.74) is 8.52. The van der Waals surface area contributed by atoms with Crippen LogP contribution in [0.4, 0.5) is 0 Å². The summed E-state index contributed by atoms with van der Waals surface area (Å²) in [6, 6.07) is 13.3. The minimum atomic E-state index is 0.455. The predicted octanol–water partition coefficient (Wildman–Crippen LogP) is 4.12. The van der Waals surface area contributed by atoms with Gasteiger partial charge in [0.25, 0.3) is 0 Å². The third-order valence-corrected chi connectivity index (χ3v) is 3.42. The van der Waals surface area contributed by atoms with E-state index in [1.165, 1.54) is 0 Å². The highest BCUT2D eigenvalue weighted by molar-refractivity contribution is 6.30. The summed E-state index contributed by atoms with van der Waals surface area (Å²) in [5, 5.41) is 1.75. The van der Waals surface area contributed by atoms with E-state index in [4.69, 9.17) is 26.5 Å². The summed E-state index contributed by atoms with van der Waals surface area (Å²) in [4.78, 5) is 0. The molecule has 0 aliphatic rings. The number of benzene rings is 2. The minimum Gasteiger partial charge on any atom is -0.489 e. The fourth-order valence-corrected chi connectivity index (χ4v) is 2.18. The summed E-state index contributed by atoms with van der Waals surface area (Å²) in [5.74, 6) is 0.780. The standard InChI is InChI=1S/C16H14ClNO2/c17-13-2-4-14(5-3-13)19-9-12-10-20-16-7-11(8-18)1-6-15(12)16/h1-7,10H,8-9,18H2. The molecule has 0 aliphatic carbocycles. The van der Waals surface area contributed by atoms with Crippen molar-refractivity contribution in [2.75, 3.05) is 0 Å². The highest BCUT2D eigenvalue weighted by Crippen LogP contribution is 2.24. The van der Waals surface area contributed by atoms with E-state index in [-0.39, 0.29) is 0 Å². The lowest BCUT2D eigenvalue weighted by atomic mass is 10.1. The molecular weight excluding hydrogens is 274 g/mol. The van der Waals surface area contributed by atoms with Crippen molar-refractivity contribution in [3.05, 3.63) is 64.9 Å². The van der Waals surface area contributed by atoms with Crippen molar-refractivity contribution in [1.82, 2.24) is 0 Å². The second kappa shape index (κ2) is 5.57. The molecule has 1 aromatic heterocycles. The van der Waals surface area contributed by atoms with E-state index in [0.717, 1.165) is 27.8 Å². The second-order valence-corrected chi connectivity index (χ2v) is 4.97. The van der Waals surface area contributed by atoms with Gasteiger partial charge in [-0.2, -0.15) is 0 Å². The molecule has 0 fully saturated rings. The first-order chi connectivity index (χ1) is 9.76. The Morgan fingerprint density at radius 1 is 1.10 bits per heavy atom. The quantitative estimate of drug-likeness (QED) is 0.785. The number of hydrogen-bond acceptors (Lipinski definition) is 3. The normalized spacial score (nSPS) is 10.9. The van der Waals surface area contributed by atoms with E-state index in [9.17, 15) is 0 Å². The van der Waals surface area contributed by atoms with Crippen LogP contribution >= 0.6 is 11.6 Å². The molecule has 20 heavy (non-hydrogen) atoms. The zero-order chi connectivity index (χ0) is 13.9. The van der Waals surface area contributed by atoms with E-state index in [0.29, 0.717) is 18.2 Å². The van der Waals surface area contributed by atoms with Crippen molar-refractivity contribution in [2.24, 2.45) is 5.73 Å². The first kappa shape index (κ1) is 13.0. The number of rotatable bonds is 4. The molecule has 0 amide bonds. The zero-order valence-corrected chi connectivity index (χ0v) is 11.6. The topological polar surface area (TPSA) is 48.4 Å². The molecule has 2 N–H and O–H groups in total. The summed E-state index contributed by atoms with van der Waals surface area (Å²) in [6.45, 7) is 0.962. The van der Waals surface area contributed by atoms with Crippen molar-refractivity contribution in [2.45, 2.75) is 13.2 Å². The Labute approximate surface area is 121 Å². The largest absolute Gasteiger partial charge is 0.489 e. The van der Waals surface area contributed by atoms with Crippen LogP contribution < -0.4 is 10.5 Å². The molecule has 102 valence electrons. The summed E-state index contributed by atoms with van der Waals surface area (Å²) >= 11 is 5.84. The Hall–Kier alpha value is -1.97. The number of ether oxygens (including phenoxy) is 1. The fourth-order valence-electron chi connectivity index (χ4n) is 2.06. The van der Waals surface area contributed by atoms with Gasteiger partial charge in [-0.3, -0.25) is 0 Å². The third kappa shape index (κ3) is 2.64. The lowest BCUT2D eigenvalue weighted by Crippen LogP contribution is -1.96. The van der Waals surface area contributed by atoms with Gasteiger partial charge in [-0.05, 0) is 35.9 Å². The van der Waals surface area contributed by atoms with E-state index >= 15 is 0 Å². The third-order valence-electron chi connectivity index (χ3n) is 3.16. The van der Waals surface area contributed by atoms with Crippen molar-refractivity contribution in [3.63, 3.8) is 0 Å². The highest BCUT2D eigenvalue weighted by atomic mass is 35.5. The Kier molecular flexibility index (Phi) is 3.63. The Balaban J connectivity index is 1.79. The van der Waals surface area contributed by atoms with Gasteiger partial charge in [0.2, 0.25) is 0 Å². The summed E-state index contributed by atoms with van der Waals surface area (Å²) < 4.78 is 11.3. The average molecular weight is 288 g/mol. The molecule has 3 aromatic rings. The van der Waals surface area contributed by atoms with Gasteiger partial charge in [0.1, 0.15) is 17.9 Å². The van der Waals surface area contributed by atoms with Crippen LogP contribution in [0.25, 0.3) is 11.0 Å². The van der Waals surface area contributed by atoms with Crippen molar-refractivity contribution >= 4 is 22.6 Å². The van der Waals surface area contributed by atoms with Crippen LogP contribution in [-0.2, 0) is 13.2 Å². The molecule has 0 spiro atoms. The molecule has 3 rings (SSSR count). The number of fused-ring (bicyclic) bond motifs is 1. The number of nitrogens with two attached hydrogens (primary N) is 1. The highest BCUT2D eigenvalue weighted by Gasteiger charge is 2.07. The van der Waals surface area contributed by atoms with Gasteiger partial charge < -0.3 is 14.9 Å². The van der Waals surface area contributed by atoms with Crippen LogP contribution in [-0.4, -0.2) is 0 Å². The van der Waals surface area contributed by atoms with Gasteiger partial charge in [-0.15, -0.1) is 0 Å². The minimum absolute atomic E-state index is 0.455. The molecule has 0 saturated heterocycles. The molecule has 0 aliphatic heterocycles. The van der Waals surface area contributed by atoms with Gasteiger partial charge in [0, 0.05) is 22.5 Å². The molecule has 4 heteroatoms. The SMILES string of the molecule is NCc1ccc2c(COc3ccc(Cl)cc3)coc2c1. The maximum atomic E-state index is 5.84. The Morgan fingerprint density at radius 3 is 2.65 bits per heavy atom. The molecular formula is C16H14ClNO2. The zero-order valence-electron chi connectivity index (χ0n) is 10.8. The number of halogens is 1. The van der Waals surface area contributed by atoms with E-state index < -0.39 is 0 Å². The van der Waals surface area contributed by atoms with Gasteiger partial charge in [-0.1, -0.05) is 23.7 Å². The number of furan rings is 1. The lowest BCUT2D eigenvalue weighted by Gasteiger charge is -2.05. The molecule has 0 saturated carbocycles. The van der Waals surface area contributed by atoms with Crippen LogP contribution in [0.15, 0.2) is 53.1 Å². The maximum absolute atomic E-state index is 5.84. The Bertz CT molecular complexity index is 719.